The van der Waals surface area contributed by atoms with Crippen LogP contribution in [0.5, 0.6) is 0 Å². The van der Waals surface area contributed by atoms with Crippen molar-refractivity contribution >= 4 is 5.69 Å². The second kappa shape index (κ2) is 10.1. The molecule has 1 N–H and O–H groups in total. The molecule has 0 aliphatic rings. The molecule has 3 aromatic rings. The van der Waals surface area contributed by atoms with E-state index in [2.05, 4.69) is 17.1 Å². The van der Waals surface area contributed by atoms with Crippen LogP contribution in [0.15, 0.2) is 71.9 Å². The Kier molecular flexibility index (Phi) is 8.53. The van der Waals surface area contributed by atoms with Gasteiger partial charge in [-0.3, -0.25) is 9.72 Å². The zero-order valence-corrected chi connectivity index (χ0v) is 16.1. The van der Waals surface area contributed by atoms with Gasteiger partial charge in [-0.05, 0) is 19.1 Å². The molecular formula is C19H18N2OY-2. The molecule has 1 radical (unpaired) electrons. The third kappa shape index (κ3) is 6.94. The quantitative estimate of drug-likeness (QED) is 0.506. The summed E-state index contributed by atoms with van der Waals surface area (Å²) in [4.78, 5) is 4.30. The summed E-state index contributed by atoms with van der Waals surface area (Å²) < 4.78 is 1.01. The standard InChI is InChI=1S/C13H13N2O.C6H5.Y/c1-10-3-6-12(7-4-10)14-13-8-5-11(2)9-15(13)16;1-2-4-6-5-3-1;/h3-4,6-9,16H,1-2H3;1-5H;/q2*-1;. The van der Waals surface area contributed by atoms with Crippen LogP contribution in [0.1, 0.15) is 11.1 Å². The molecule has 1 aromatic heterocycles. The molecule has 0 saturated heterocycles. The van der Waals surface area contributed by atoms with Gasteiger partial charge in [-0.25, -0.2) is 0 Å². The molecule has 0 atom stereocenters. The Bertz CT molecular complexity index is 739. The molecule has 3 rings (SSSR count). The first-order valence-corrected chi connectivity index (χ1v) is 6.98. The van der Waals surface area contributed by atoms with Crippen LogP contribution in [0.4, 0.5) is 5.69 Å². The molecule has 0 spiro atoms. The molecule has 2 aromatic carbocycles. The van der Waals surface area contributed by atoms with Crippen molar-refractivity contribution in [1.29, 1.82) is 0 Å². The Morgan fingerprint density at radius 1 is 1.00 bits per heavy atom. The molecule has 0 unspecified atom stereocenters. The van der Waals surface area contributed by atoms with Crippen LogP contribution in [-0.4, -0.2) is 9.94 Å². The molecule has 0 bridgehead atoms. The van der Waals surface area contributed by atoms with Crippen LogP contribution < -0.4 is 5.49 Å². The van der Waals surface area contributed by atoms with Crippen molar-refractivity contribution in [2.45, 2.75) is 13.8 Å². The Morgan fingerprint density at radius 2 is 1.65 bits per heavy atom. The van der Waals surface area contributed by atoms with Crippen LogP contribution in [-0.2, 0) is 32.7 Å². The van der Waals surface area contributed by atoms with Gasteiger partial charge in [0.1, 0.15) is 0 Å². The molecule has 0 aliphatic carbocycles. The Balaban J connectivity index is 0.000000320. The van der Waals surface area contributed by atoms with Gasteiger partial charge in [0.05, 0.1) is 11.2 Å². The van der Waals surface area contributed by atoms with E-state index in [0.717, 1.165) is 16.0 Å². The van der Waals surface area contributed by atoms with Crippen LogP contribution in [0.3, 0.4) is 0 Å². The number of hydrogen-bond acceptors (Lipinski definition) is 2. The van der Waals surface area contributed by atoms with Gasteiger partial charge in [0.15, 0.2) is 0 Å². The van der Waals surface area contributed by atoms with Gasteiger partial charge < -0.3 is 5.21 Å². The monoisotopic (exact) mass is 379 g/mol. The van der Waals surface area contributed by atoms with E-state index >= 15 is 0 Å². The van der Waals surface area contributed by atoms with E-state index < -0.39 is 0 Å². The summed E-state index contributed by atoms with van der Waals surface area (Å²) in [5.74, 6) is 0. The van der Waals surface area contributed by atoms with Crippen molar-refractivity contribution in [2.24, 2.45) is 4.99 Å². The molecule has 0 saturated carbocycles. The first-order valence-electron chi connectivity index (χ1n) is 6.98. The second-order valence-electron chi connectivity index (χ2n) is 4.83. The summed E-state index contributed by atoms with van der Waals surface area (Å²) in [6, 6.07) is 25.0. The number of rotatable bonds is 1. The minimum Gasteiger partial charge on any atom is -0.450 e. The summed E-state index contributed by atoms with van der Waals surface area (Å²) in [6.07, 6.45) is 1.58. The van der Waals surface area contributed by atoms with Crippen molar-refractivity contribution < 1.29 is 37.9 Å². The van der Waals surface area contributed by atoms with Crippen LogP contribution in [0.25, 0.3) is 0 Å². The predicted molar refractivity (Wildman–Crippen MR) is 86.9 cm³/mol. The number of nitrogens with zero attached hydrogens (tertiary/aromatic N) is 2. The van der Waals surface area contributed by atoms with E-state index in [-0.39, 0.29) is 32.7 Å². The van der Waals surface area contributed by atoms with E-state index in [0.29, 0.717) is 5.49 Å². The summed E-state index contributed by atoms with van der Waals surface area (Å²) in [5, 5.41) is 9.61. The number of pyridine rings is 1. The molecular weight excluding hydrogens is 361 g/mol. The van der Waals surface area contributed by atoms with E-state index in [1.807, 2.05) is 68.4 Å². The van der Waals surface area contributed by atoms with E-state index in [1.165, 1.54) is 5.56 Å². The molecule has 0 fully saturated rings. The van der Waals surface area contributed by atoms with Gasteiger partial charge >= 0.3 is 0 Å². The molecule has 1 heterocycles. The number of hydrogen-bond donors (Lipinski definition) is 1. The molecule has 3 nitrogen and oxygen atoms in total. The summed E-state index contributed by atoms with van der Waals surface area (Å²) >= 11 is 0. The fourth-order valence-electron chi connectivity index (χ4n) is 1.71. The SMILES string of the molecule is Cc1[c-]cc(=Nc2ccc(C)cc2)n(O)c1.[Y].[c-]1ccccc1. The van der Waals surface area contributed by atoms with Gasteiger partial charge in [-0.2, -0.15) is 42.5 Å². The van der Waals surface area contributed by atoms with Gasteiger partial charge in [-0.15, -0.1) is 11.6 Å². The summed E-state index contributed by atoms with van der Waals surface area (Å²) in [5.41, 5.74) is 3.33. The molecule has 0 aliphatic heterocycles. The maximum absolute atomic E-state index is 9.61. The first kappa shape index (κ1) is 19.3. The smallest absolute Gasteiger partial charge is 0.0548 e. The number of aromatic nitrogens is 1. The molecule has 115 valence electrons. The Hall–Kier alpha value is -1.71. The van der Waals surface area contributed by atoms with Crippen molar-refractivity contribution in [3.8, 4) is 0 Å². The third-order valence-corrected chi connectivity index (χ3v) is 2.86. The minimum absolute atomic E-state index is 0. The fraction of sp³-hybridized carbons (Fsp3) is 0.105. The van der Waals surface area contributed by atoms with E-state index in [9.17, 15) is 5.21 Å². The van der Waals surface area contributed by atoms with Gasteiger partial charge in [0.2, 0.25) is 0 Å². The Morgan fingerprint density at radius 3 is 2.13 bits per heavy atom. The maximum Gasteiger partial charge on any atom is 0.0548 e. The Labute approximate surface area is 162 Å². The van der Waals surface area contributed by atoms with Crippen LogP contribution in [0.2, 0.25) is 0 Å². The average molecular weight is 379 g/mol. The topological polar surface area (TPSA) is 37.5 Å². The summed E-state index contributed by atoms with van der Waals surface area (Å²) in [6.45, 7) is 3.89. The van der Waals surface area contributed by atoms with Gasteiger partial charge in [0.25, 0.3) is 0 Å². The van der Waals surface area contributed by atoms with Crippen molar-refractivity contribution in [3.05, 3.63) is 95.6 Å². The average Bonchev–Trinajstić information content (AvgIpc) is 2.54. The second-order valence-corrected chi connectivity index (χ2v) is 4.83. The zero-order valence-electron chi connectivity index (χ0n) is 13.3. The van der Waals surface area contributed by atoms with Crippen LogP contribution in [0, 0.1) is 26.0 Å². The molecule has 23 heavy (non-hydrogen) atoms. The number of benzene rings is 2. The van der Waals surface area contributed by atoms with Crippen molar-refractivity contribution in [2.75, 3.05) is 0 Å². The van der Waals surface area contributed by atoms with Crippen molar-refractivity contribution in [1.82, 2.24) is 4.73 Å². The minimum atomic E-state index is 0. The first-order chi connectivity index (χ1) is 10.6. The molecule has 0 amide bonds. The zero-order chi connectivity index (χ0) is 15.8. The molecule has 4 heteroatoms. The largest absolute Gasteiger partial charge is 0.450 e. The number of aryl methyl sites for hydroxylation is 2. The predicted octanol–water partition coefficient (Wildman–Crippen LogP) is 3.86. The van der Waals surface area contributed by atoms with Gasteiger partial charge in [-0.1, -0.05) is 30.8 Å². The van der Waals surface area contributed by atoms with E-state index in [4.69, 9.17) is 0 Å². The van der Waals surface area contributed by atoms with Crippen molar-refractivity contribution in [3.63, 3.8) is 0 Å². The summed E-state index contributed by atoms with van der Waals surface area (Å²) in [7, 11) is 0. The van der Waals surface area contributed by atoms with E-state index in [1.54, 1.807) is 12.3 Å². The van der Waals surface area contributed by atoms with Gasteiger partial charge in [0, 0.05) is 32.7 Å². The third-order valence-electron chi connectivity index (χ3n) is 2.86. The van der Waals surface area contributed by atoms with Crippen LogP contribution >= 0.6 is 0 Å². The maximum atomic E-state index is 9.61. The normalized spacial score (nSPS) is 10.3. The fourth-order valence-corrected chi connectivity index (χ4v) is 1.71.